The Morgan fingerprint density at radius 1 is 1.15 bits per heavy atom. The van der Waals surface area contributed by atoms with E-state index in [1.807, 2.05) is 0 Å². The first-order valence-corrected chi connectivity index (χ1v) is 7.84. The van der Waals surface area contributed by atoms with Crippen LogP contribution in [0.4, 0.5) is 18.0 Å². The molecule has 0 heterocycles. The largest absolute Gasteiger partial charge is 0.490 e. The fourth-order valence-corrected chi connectivity index (χ4v) is 1.97. The van der Waals surface area contributed by atoms with Crippen LogP contribution in [0.2, 0.25) is 0 Å². The second kappa shape index (κ2) is 8.88. The Morgan fingerprint density at radius 3 is 2.23 bits per heavy atom. The van der Waals surface area contributed by atoms with Gasteiger partial charge in [-0.15, -0.1) is 0 Å². The Balaban J connectivity index is 2.78. The lowest BCUT2D eigenvalue weighted by Gasteiger charge is -2.26. The van der Waals surface area contributed by atoms with Gasteiger partial charge in [-0.05, 0) is 32.8 Å². The molecule has 0 saturated carbocycles. The van der Waals surface area contributed by atoms with Gasteiger partial charge >= 0.3 is 18.2 Å². The van der Waals surface area contributed by atoms with Gasteiger partial charge in [-0.3, -0.25) is 0 Å². The summed E-state index contributed by atoms with van der Waals surface area (Å²) in [7, 11) is 0. The Labute approximate surface area is 149 Å². The van der Waals surface area contributed by atoms with E-state index in [1.165, 1.54) is 0 Å². The molecule has 0 aliphatic carbocycles. The smallest absolute Gasteiger partial charge is 0.456 e. The summed E-state index contributed by atoms with van der Waals surface area (Å²) in [5.41, 5.74) is -0.0792. The number of carbonyl (C=O) groups excluding carboxylic acids is 2. The molecule has 1 amide bonds. The molecule has 0 aliphatic heterocycles. The highest BCUT2D eigenvalue weighted by Gasteiger charge is 2.41. The number of alkyl halides is 3. The highest BCUT2D eigenvalue weighted by molar-refractivity contribution is 5.75. The van der Waals surface area contributed by atoms with E-state index in [-0.39, 0.29) is 6.42 Å². The maximum Gasteiger partial charge on any atom is 0.490 e. The molecule has 0 radical (unpaired) electrons. The molecule has 0 aliphatic rings. The molecule has 0 saturated heterocycles. The minimum Gasteiger partial charge on any atom is -0.456 e. The summed E-state index contributed by atoms with van der Waals surface area (Å²) >= 11 is 0. The molecule has 0 aromatic heterocycles. The normalized spacial score (nSPS) is 14.3. The Morgan fingerprint density at radius 2 is 1.73 bits per heavy atom. The number of benzene rings is 1. The topological polar surface area (TPSA) is 84.9 Å². The Kier molecular flexibility index (Phi) is 7.43. The predicted molar refractivity (Wildman–Crippen MR) is 86.3 cm³/mol. The number of ether oxygens (including phenoxy) is 2. The highest BCUT2D eigenvalue weighted by atomic mass is 19.4. The second-order valence-electron chi connectivity index (χ2n) is 6.61. The van der Waals surface area contributed by atoms with E-state index < -0.39 is 42.6 Å². The van der Waals surface area contributed by atoms with E-state index in [2.05, 4.69) is 10.1 Å². The van der Waals surface area contributed by atoms with E-state index in [0.29, 0.717) is 0 Å². The molecule has 1 rings (SSSR count). The van der Waals surface area contributed by atoms with Crippen molar-refractivity contribution in [1.82, 2.24) is 5.32 Å². The first-order chi connectivity index (χ1) is 11.9. The Bertz CT molecular complexity index is 599. The summed E-state index contributed by atoms with van der Waals surface area (Å²) in [6.45, 7) is 3.99. The van der Waals surface area contributed by atoms with Crippen LogP contribution in [0.25, 0.3) is 0 Å². The molecule has 2 N–H and O–H groups in total. The zero-order valence-corrected chi connectivity index (χ0v) is 14.7. The molecule has 9 heteroatoms. The van der Waals surface area contributed by atoms with Crippen LogP contribution in [-0.2, 0) is 20.7 Å². The van der Waals surface area contributed by atoms with Crippen molar-refractivity contribution >= 4 is 12.1 Å². The maximum absolute atomic E-state index is 12.2. The van der Waals surface area contributed by atoms with E-state index in [9.17, 15) is 27.9 Å². The zero-order chi connectivity index (χ0) is 20.0. The van der Waals surface area contributed by atoms with Crippen molar-refractivity contribution in [2.75, 3.05) is 6.61 Å². The maximum atomic E-state index is 12.2. The molecule has 0 unspecified atom stereocenters. The molecule has 0 spiro atoms. The summed E-state index contributed by atoms with van der Waals surface area (Å²) < 4.78 is 45.7. The molecule has 1 aromatic carbocycles. The average molecular weight is 377 g/mol. The third kappa shape index (κ3) is 8.19. The van der Waals surface area contributed by atoms with Gasteiger partial charge in [0.05, 0.1) is 6.04 Å². The third-order valence-electron chi connectivity index (χ3n) is 3.08. The number of aliphatic hydroxyl groups is 1. The fourth-order valence-electron chi connectivity index (χ4n) is 1.97. The van der Waals surface area contributed by atoms with Crippen LogP contribution < -0.4 is 5.32 Å². The van der Waals surface area contributed by atoms with Gasteiger partial charge in [-0.2, -0.15) is 13.2 Å². The first-order valence-electron chi connectivity index (χ1n) is 7.84. The van der Waals surface area contributed by atoms with Gasteiger partial charge in [0.2, 0.25) is 0 Å². The minimum atomic E-state index is -5.16. The summed E-state index contributed by atoms with van der Waals surface area (Å²) in [5, 5.41) is 12.5. The molecule has 26 heavy (non-hydrogen) atoms. The summed E-state index contributed by atoms with van der Waals surface area (Å²) in [5.74, 6) is -2.41. The molecule has 0 fully saturated rings. The van der Waals surface area contributed by atoms with Crippen molar-refractivity contribution < 1.29 is 37.3 Å². The van der Waals surface area contributed by atoms with Crippen LogP contribution in [-0.4, -0.2) is 47.7 Å². The summed E-state index contributed by atoms with van der Waals surface area (Å²) in [6.07, 6.45) is -7.47. The van der Waals surface area contributed by atoms with E-state index in [4.69, 9.17) is 4.74 Å². The molecular formula is C17H22F3NO5. The van der Waals surface area contributed by atoms with Crippen LogP contribution in [0.3, 0.4) is 0 Å². The van der Waals surface area contributed by atoms with Crippen LogP contribution in [0.1, 0.15) is 26.3 Å². The van der Waals surface area contributed by atoms with Crippen LogP contribution in [0, 0.1) is 0 Å². The van der Waals surface area contributed by atoms with Crippen molar-refractivity contribution in [3.8, 4) is 0 Å². The molecular weight excluding hydrogens is 355 g/mol. The van der Waals surface area contributed by atoms with Gasteiger partial charge in [-0.25, -0.2) is 9.59 Å². The number of carbonyl (C=O) groups is 2. The molecule has 6 nitrogen and oxygen atoms in total. The quantitative estimate of drug-likeness (QED) is 0.745. The van der Waals surface area contributed by atoms with E-state index in [0.717, 1.165) is 5.56 Å². The zero-order valence-electron chi connectivity index (χ0n) is 14.7. The number of rotatable bonds is 6. The van der Waals surface area contributed by atoms with Crippen LogP contribution in [0.15, 0.2) is 30.3 Å². The van der Waals surface area contributed by atoms with E-state index >= 15 is 0 Å². The number of amides is 1. The number of halogens is 3. The van der Waals surface area contributed by atoms with Gasteiger partial charge in [0.25, 0.3) is 0 Å². The number of esters is 1. The fraction of sp³-hybridized carbons (Fsp3) is 0.529. The van der Waals surface area contributed by atoms with Crippen molar-refractivity contribution in [1.29, 1.82) is 0 Å². The van der Waals surface area contributed by atoms with Crippen LogP contribution >= 0.6 is 0 Å². The first kappa shape index (κ1) is 21.8. The SMILES string of the molecule is CC(C)(C)OC(=O)N[C@@H](Cc1ccccc1)[C@H](O)COC(=O)C(F)(F)F. The lowest BCUT2D eigenvalue weighted by molar-refractivity contribution is -0.202. The number of hydrogen-bond donors (Lipinski definition) is 2. The van der Waals surface area contributed by atoms with Gasteiger partial charge in [0, 0.05) is 0 Å². The van der Waals surface area contributed by atoms with Crippen molar-refractivity contribution in [2.24, 2.45) is 0 Å². The number of aliphatic hydroxyl groups excluding tert-OH is 1. The predicted octanol–water partition coefficient (Wildman–Crippen LogP) is 2.59. The third-order valence-corrected chi connectivity index (χ3v) is 3.08. The van der Waals surface area contributed by atoms with Crippen LogP contribution in [0.5, 0.6) is 0 Å². The average Bonchev–Trinajstić information content (AvgIpc) is 2.49. The lowest BCUT2D eigenvalue weighted by Crippen LogP contribution is -2.48. The van der Waals surface area contributed by atoms with Gasteiger partial charge in [0.1, 0.15) is 18.3 Å². The van der Waals surface area contributed by atoms with Crippen molar-refractivity contribution in [2.45, 2.75) is 51.1 Å². The highest BCUT2D eigenvalue weighted by Crippen LogP contribution is 2.17. The standard InChI is InChI=1S/C17H22F3NO5/c1-16(2,3)26-15(24)21-12(9-11-7-5-4-6-8-11)13(22)10-25-14(23)17(18,19)20/h4-8,12-13,22H,9-10H2,1-3H3,(H,21,24)/t12-,13+/m0/s1. The lowest BCUT2D eigenvalue weighted by atomic mass is 10.0. The number of alkyl carbamates (subject to hydrolysis) is 1. The van der Waals surface area contributed by atoms with Crippen molar-refractivity contribution in [3.05, 3.63) is 35.9 Å². The minimum absolute atomic E-state index is 0.102. The van der Waals surface area contributed by atoms with Gasteiger partial charge < -0.3 is 19.9 Å². The summed E-state index contributed by atoms with van der Waals surface area (Å²) in [6, 6.07) is 7.65. The Hall–Kier alpha value is -2.29. The molecule has 146 valence electrons. The second-order valence-corrected chi connectivity index (χ2v) is 6.61. The van der Waals surface area contributed by atoms with Gasteiger partial charge in [-0.1, -0.05) is 30.3 Å². The molecule has 2 atom stereocenters. The monoisotopic (exact) mass is 377 g/mol. The molecule has 0 bridgehead atoms. The molecule has 1 aromatic rings. The number of hydrogen-bond acceptors (Lipinski definition) is 5. The number of nitrogens with one attached hydrogen (secondary N) is 1. The van der Waals surface area contributed by atoms with E-state index in [1.54, 1.807) is 51.1 Å². The van der Waals surface area contributed by atoms with Crippen molar-refractivity contribution in [3.63, 3.8) is 0 Å². The van der Waals surface area contributed by atoms with Gasteiger partial charge in [0.15, 0.2) is 0 Å². The summed E-state index contributed by atoms with van der Waals surface area (Å²) in [4.78, 5) is 22.7.